The molecular weight excluding hydrogens is 749 g/mol. The maximum Gasteiger partial charge on any atom is 0.160 e. The Morgan fingerprint density at radius 2 is 0.918 bits per heavy atom. The zero-order valence-electron chi connectivity index (χ0n) is 40.8. The average Bonchev–Trinajstić information content (AvgIpc) is 3.78. The monoisotopic (exact) mass is 827 g/mol. The van der Waals surface area contributed by atoms with Crippen LogP contribution in [0.5, 0.6) is 0 Å². The number of hydrogen-bond donors (Lipinski definition) is 2. The van der Waals surface area contributed by atoms with Gasteiger partial charge in [-0.2, -0.15) is 10.2 Å². The minimum absolute atomic E-state index is 0.0259. The molecule has 0 bridgehead atoms. The van der Waals surface area contributed by atoms with Gasteiger partial charge in [0.15, 0.2) is 11.6 Å². The fraction of sp³-hybridized carbons (Fsp3) is 0.564. The third kappa shape index (κ3) is 9.40. The number of allylic oxidation sites excluding steroid dienone is 4. The van der Waals surface area contributed by atoms with E-state index in [2.05, 4.69) is 142 Å². The van der Waals surface area contributed by atoms with Gasteiger partial charge in [0.1, 0.15) is 0 Å². The van der Waals surface area contributed by atoms with E-state index in [-0.39, 0.29) is 21.7 Å². The number of carbonyl (C=O) groups is 2. The minimum atomic E-state index is -0.441. The van der Waals surface area contributed by atoms with Crippen LogP contribution in [0.1, 0.15) is 188 Å². The lowest BCUT2D eigenvalue weighted by atomic mass is 9.58. The fourth-order valence-electron chi connectivity index (χ4n) is 10.9. The zero-order valence-corrected chi connectivity index (χ0v) is 40.8. The second-order valence-electron chi connectivity index (χ2n) is 21.7. The third-order valence-corrected chi connectivity index (χ3v) is 13.5. The number of fused-ring (bicyclic) bond motifs is 2. The number of rotatable bonds is 6. The normalized spacial score (nSPS) is 22.6. The van der Waals surface area contributed by atoms with Gasteiger partial charge < -0.3 is 0 Å². The molecule has 6 nitrogen and oxygen atoms in total. The number of aromatic nitrogens is 4. The van der Waals surface area contributed by atoms with E-state index in [1.165, 1.54) is 44.8 Å². The first kappa shape index (κ1) is 47.7. The van der Waals surface area contributed by atoms with Crippen molar-refractivity contribution in [2.75, 3.05) is 0 Å². The van der Waals surface area contributed by atoms with Gasteiger partial charge in [-0.05, 0) is 72.3 Å². The van der Waals surface area contributed by atoms with E-state index in [1.807, 2.05) is 39.8 Å². The van der Waals surface area contributed by atoms with Crippen LogP contribution in [0.25, 0.3) is 0 Å². The first-order valence-corrected chi connectivity index (χ1v) is 23.3. The second kappa shape index (κ2) is 17.8. The highest BCUT2D eigenvalue weighted by Crippen LogP contribution is 2.55. The molecule has 0 saturated carbocycles. The molecule has 2 N–H and O–H groups in total. The summed E-state index contributed by atoms with van der Waals surface area (Å²) < 4.78 is 0. The number of ketones is 2. The highest BCUT2D eigenvalue weighted by atomic mass is 16.1. The Kier molecular flexibility index (Phi) is 13.9. The topological polar surface area (TPSA) is 91.5 Å². The minimum Gasteiger partial charge on any atom is -0.294 e. The van der Waals surface area contributed by atoms with E-state index in [1.54, 1.807) is 0 Å². The maximum atomic E-state index is 13.5. The van der Waals surface area contributed by atoms with Crippen molar-refractivity contribution in [3.63, 3.8) is 0 Å². The number of nitrogens with zero attached hydrogens (tertiary/aromatic N) is 2. The first-order valence-electron chi connectivity index (χ1n) is 23.3. The summed E-state index contributed by atoms with van der Waals surface area (Å²) in [6.45, 7) is 34.9. The summed E-state index contributed by atoms with van der Waals surface area (Å²) in [6, 6.07) is 21.1. The van der Waals surface area contributed by atoms with Crippen LogP contribution in [0, 0.1) is 21.7 Å². The van der Waals surface area contributed by atoms with Gasteiger partial charge in [0, 0.05) is 70.2 Å². The van der Waals surface area contributed by atoms with Crippen molar-refractivity contribution >= 4 is 11.6 Å². The second-order valence-corrected chi connectivity index (χ2v) is 21.7. The van der Waals surface area contributed by atoms with Crippen LogP contribution in [-0.2, 0) is 46.1 Å². The Hall–Kier alpha value is -4.32. The number of H-pyrrole nitrogens is 2. The van der Waals surface area contributed by atoms with Crippen LogP contribution >= 0.6 is 0 Å². The summed E-state index contributed by atoms with van der Waals surface area (Å²) in [5.74, 6) is 0.626. The van der Waals surface area contributed by atoms with Crippen molar-refractivity contribution in [1.29, 1.82) is 0 Å². The van der Waals surface area contributed by atoms with Crippen molar-refractivity contribution in [2.24, 2.45) is 21.7 Å². The van der Waals surface area contributed by atoms with E-state index in [4.69, 9.17) is 10.2 Å². The highest BCUT2D eigenvalue weighted by Gasteiger charge is 2.51. The molecule has 0 unspecified atom stereocenters. The molecule has 6 heteroatoms. The molecule has 2 heterocycles. The van der Waals surface area contributed by atoms with Gasteiger partial charge in [-0.1, -0.05) is 175 Å². The molecule has 4 aliphatic rings. The van der Waals surface area contributed by atoms with Crippen molar-refractivity contribution in [1.82, 2.24) is 20.4 Å². The van der Waals surface area contributed by atoms with E-state index in [0.717, 1.165) is 67.5 Å². The van der Waals surface area contributed by atoms with Gasteiger partial charge in [-0.3, -0.25) is 19.8 Å². The van der Waals surface area contributed by atoms with Crippen molar-refractivity contribution < 1.29 is 9.59 Å². The molecule has 0 amide bonds. The van der Waals surface area contributed by atoms with E-state index in [9.17, 15) is 9.59 Å². The summed E-state index contributed by atoms with van der Waals surface area (Å²) in [6.07, 6.45) is 7.74. The molecule has 61 heavy (non-hydrogen) atoms. The van der Waals surface area contributed by atoms with Gasteiger partial charge in [-0.15, -0.1) is 0 Å². The molecule has 0 fully saturated rings. The van der Waals surface area contributed by atoms with E-state index >= 15 is 0 Å². The van der Waals surface area contributed by atoms with Crippen molar-refractivity contribution in [3.8, 4) is 0 Å². The fourth-order valence-corrected chi connectivity index (χ4v) is 10.9. The number of hydrogen-bond acceptors (Lipinski definition) is 4. The van der Waals surface area contributed by atoms with Crippen LogP contribution in [0.2, 0.25) is 0 Å². The van der Waals surface area contributed by atoms with Gasteiger partial charge in [0.05, 0.1) is 11.4 Å². The molecular formula is C55H78N4O2. The summed E-state index contributed by atoms with van der Waals surface area (Å²) in [5.41, 5.74) is 13.6. The predicted molar refractivity (Wildman–Crippen MR) is 254 cm³/mol. The average molecular weight is 827 g/mol. The standard InChI is InChI=1S/C26H34N2O.C25H32N2O.2C2H6/c1-7-24(2,3)15-20-23-19(27-28-20)13-17-14-25(4,5)16-21(29)22(17)26(23,6)18-11-9-8-10-12-18;1-23(2,3)14-19-22-18(26-27-19)12-16-13-24(4,5)15-20(28)21(16)25(22,6)17-10-8-7-9-11-17;2*1-2/h8-12H,7,13-16H2,1-6H3,(H,27,28);7-11H,12-15H2,1-6H3,(H,26,27);2*1-2H3/t26-;25-;;/m11../s1. The highest BCUT2D eigenvalue weighted by molar-refractivity contribution is 6.02. The number of Topliss-reactive ketones (excluding diaryl/α,β-unsaturated/α-hetero) is 2. The Bertz CT molecular complexity index is 2260. The number of carbonyl (C=O) groups excluding carboxylic acids is 2. The first-order chi connectivity index (χ1) is 28.6. The van der Waals surface area contributed by atoms with Crippen LogP contribution in [-0.4, -0.2) is 32.0 Å². The van der Waals surface area contributed by atoms with E-state index < -0.39 is 10.8 Å². The molecule has 2 aromatic heterocycles. The van der Waals surface area contributed by atoms with Crippen LogP contribution in [0.15, 0.2) is 83.0 Å². The largest absolute Gasteiger partial charge is 0.294 e. The lowest BCUT2D eigenvalue weighted by molar-refractivity contribution is -0.119. The third-order valence-electron chi connectivity index (χ3n) is 13.5. The van der Waals surface area contributed by atoms with Gasteiger partial charge in [0.25, 0.3) is 0 Å². The number of nitrogens with one attached hydrogen (secondary N) is 2. The summed E-state index contributed by atoms with van der Waals surface area (Å²) in [7, 11) is 0. The van der Waals surface area contributed by atoms with Crippen LogP contribution in [0.4, 0.5) is 0 Å². The molecule has 0 spiro atoms. The Morgan fingerprint density at radius 1 is 0.557 bits per heavy atom. The molecule has 0 saturated heterocycles. The molecule has 4 aromatic rings. The molecule has 2 atom stereocenters. The van der Waals surface area contributed by atoms with Crippen LogP contribution in [0.3, 0.4) is 0 Å². The molecule has 4 aliphatic carbocycles. The molecule has 2 aromatic carbocycles. The van der Waals surface area contributed by atoms with Crippen LogP contribution < -0.4 is 0 Å². The summed E-state index contributed by atoms with van der Waals surface area (Å²) >= 11 is 0. The Balaban J connectivity index is 0.000000214. The Labute approximate surface area is 369 Å². The number of aromatic amines is 2. The van der Waals surface area contributed by atoms with Gasteiger partial charge in [-0.25, -0.2) is 0 Å². The summed E-state index contributed by atoms with van der Waals surface area (Å²) in [5, 5.41) is 16.3. The summed E-state index contributed by atoms with van der Waals surface area (Å²) in [4.78, 5) is 27.0. The lowest BCUT2D eigenvalue weighted by Crippen LogP contribution is -2.41. The maximum absolute atomic E-state index is 13.5. The smallest absolute Gasteiger partial charge is 0.160 e. The lowest BCUT2D eigenvalue weighted by Gasteiger charge is -2.44. The SMILES string of the molecule is CC.CC.CC(C)(C)Cc1n[nH]c2c1[C@](C)(c1ccccc1)C1=C(C2)CC(C)(C)CC1=O.CCC(C)(C)Cc1n[nH]c2c1[C@](C)(c1ccccc1)C1=C(C2)CC(C)(C)CC1=O. The van der Waals surface area contributed by atoms with Crippen molar-refractivity contribution in [2.45, 2.75) is 179 Å². The van der Waals surface area contributed by atoms with E-state index in [0.29, 0.717) is 24.4 Å². The molecule has 8 rings (SSSR count). The quantitative estimate of drug-likeness (QED) is 0.203. The molecule has 330 valence electrons. The van der Waals surface area contributed by atoms with Crippen molar-refractivity contribution in [3.05, 3.63) is 128 Å². The van der Waals surface area contributed by atoms with Gasteiger partial charge >= 0.3 is 0 Å². The zero-order chi connectivity index (χ0) is 45.3. The molecule has 0 aliphatic heterocycles. The number of benzene rings is 2. The Morgan fingerprint density at radius 3 is 1.26 bits per heavy atom. The predicted octanol–water partition coefficient (Wildman–Crippen LogP) is 13.5. The molecule has 0 radical (unpaired) electrons. The van der Waals surface area contributed by atoms with Gasteiger partial charge in [0.2, 0.25) is 0 Å².